The minimum atomic E-state index is -2.09. The highest BCUT2D eigenvalue weighted by Crippen LogP contribution is 2.40. The van der Waals surface area contributed by atoms with Crippen molar-refractivity contribution in [2.75, 3.05) is 20.2 Å². The van der Waals surface area contributed by atoms with E-state index in [1.807, 2.05) is 6.92 Å². The Labute approximate surface area is 159 Å². The van der Waals surface area contributed by atoms with Gasteiger partial charge in [0, 0.05) is 12.3 Å². The van der Waals surface area contributed by atoms with Crippen molar-refractivity contribution >= 4 is 18.1 Å². The largest absolute Gasteiger partial charge is 0.457 e. The predicted molar refractivity (Wildman–Crippen MR) is 101 cm³/mol. The van der Waals surface area contributed by atoms with Crippen LogP contribution in [0.2, 0.25) is 0 Å². The second-order valence-electron chi connectivity index (χ2n) is 6.16. The SMILES string of the molecule is CC/C(N)=N/NN.CN.O=CCOC(=O)C1NCC2CCCCC2C1(O)O. The van der Waals surface area contributed by atoms with Crippen molar-refractivity contribution < 1.29 is 24.5 Å². The number of hydrazine groups is 1. The molecule has 3 unspecified atom stereocenters. The molecule has 0 radical (unpaired) electrons. The first-order valence-electron chi connectivity index (χ1n) is 9.02. The number of nitrogens with two attached hydrogens (primary N) is 3. The van der Waals surface area contributed by atoms with Crippen molar-refractivity contribution in [2.45, 2.75) is 50.9 Å². The Balaban J connectivity index is 0.000000637. The van der Waals surface area contributed by atoms with Crippen LogP contribution < -0.4 is 28.2 Å². The average Bonchev–Trinajstić information content (AvgIpc) is 2.68. The Morgan fingerprint density at radius 1 is 1.37 bits per heavy atom. The molecule has 1 saturated heterocycles. The maximum atomic E-state index is 11.7. The number of aliphatic hydroxyl groups is 2. The number of hydrazone groups is 1. The second-order valence-corrected chi connectivity index (χ2v) is 6.16. The Kier molecular flexibility index (Phi) is 12.5. The van der Waals surface area contributed by atoms with E-state index in [4.69, 9.17) is 11.6 Å². The summed E-state index contributed by atoms with van der Waals surface area (Å²) in [5.74, 6) is 2.31. The number of ether oxygens (including phenoxy) is 1. The van der Waals surface area contributed by atoms with Crippen molar-refractivity contribution in [3.63, 3.8) is 0 Å². The number of hydrogen-bond donors (Lipinski definition) is 7. The smallest absolute Gasteiger partial charge is 0.329 e. The van der Waals surface area contributed by atoms with Crippen molar-refractivity contribution in [1.29, 1.82) is 0 Å². The molecule has 1 aliphatic heterocycles. The minimum Gasteiger partial charge on any atom is -0.457 e. The quantitative estimate of drug-likeness (QED) is 0.0518. The third-order valence-corrected chi connectivity index (χ3v) is 4.56. The van der Waals surface area contributed by atoms with Crippen LogP contribution in [0, 0.1) is 11.8 Å². The number of amidine groups is 1. The van der Waals surface area contributed by atoms with Gasteiger partial charge in [-0.2, -0.15) is 5.10 Å². The summed E-state index contributed by atoms with van der Waals surface area (Å²) >= 11 is 0. The van der Waals surface area contributed by atoms with Crippen LogP contribution in [-0.2, 0) is 14.3 Å². The van der Waals surface area contributed by atoms with Gasteiger partial charge in [0.05, 0.1) is 0 Å². The highest BCUT2D eigenvalue weighted by molar-refractivity contribution is 5.79. The molecule has 0 aromatic carbocycles. The van der Waals surface area contributed by atoms with Gasteiger partial charge in [0.15, 0.2) is 18.1 Å². The number of carbonyl (C=O) groups excluding carboxylic acids is 2. The topological polar surface area (TPSA) is 198 Å². The molecular formula is C16H34N6O5. The number of nitrogens with zero attached hydrogens (tertiary/aromatic N) is 1. The lowest BCUT2D eigenvalue weighted by molar-refractivity contribution is -0.252. The Hall–Kier alpha value is -1.79. The van der Waals surface area contributed by atoms with Crippen molar-refractivity contribution in [2.24, 2.45) is 34.2 Å². The van der Waals surface area contributed by atoms with E-state index >= 15 is 0 Å². The predicted octanol–water partition coefficient (Wildman–Crippen LogP) is -2.11. The molecule has 2 rings (SSSR count). The van der Waals surface area contributed by atoms with E-state index in [0.717, 1.165) is 25.7 Å². The zero-order chi connectivity index (χ0) is 20.9. The first kappa shape index (κ1) is 25.2. The summed E-state index contributed by atoms with van der Waals surface area (Å²) in [7, 11) is 1.50. The zero-order valence-electron chi connectivity index (χ0n) is 16.1. The van der Waals surface area contributed by atoms with Crippen LogP contribution in [0.15, 0.2) is 5.10 Å². The van der Waals surface area contributed by atoms with Crippen LogP contribution in [0.3, 0.4) is 0 Å². The summed E-state index contributed by atoms with van der Waals surface area (Å²) in [5.41, 5.74) is 11.8. The van der Waals surface area contributed by atoms with E-state index in [0.29, 0.717) is 25.1 Å². The fourth-order valence-electron chi connectivity index (χ4n) is 3.26. The van der Waals surface area contributed by atoms with Gasteiger partial charge in [0.25, 0.3) is 0 Å². The molecule has 0 amide bonds. The van der Waals surface area contributed by atoms with Gasteiger partial charge in [0.1, 0.15) is 12.4 Å². The molecule has 0 aromatic rings. The third kappa shape index (κ3) is 7.77. The lowest BCUT2D eigenvalue weighted by atomic mass is 9.70. The van der Waals surface area contributed by atoms with Gasteiger partial charge in [-0.15, -0.1) is 0 Å². The molecule has 27 heavy (non-hydrogen) atoms. The summed E-state index contributed by atoms with van der Waals surface area (Å²) in [6, 6.07) is -1.17. The van der Waals surface area contributed by atoms with Gasteiger partial charge in [0.2, 0.25) is 0 Å². The van der Waals surface area contributed by atoms with Crippen LogP contribution in [-0.4, -0.2) is 60.3 Å². The number of hydrogen-bond acceptors (Lipinski definition) is 10. The van der Waals surface area contributed by atoms with Crippen LogP contribution in [0.4, 0.5) is 0 Å². The highest BCUT2D eigenvalue weighted by Gasteiger charge is 2.53. The number of aldehydes is 1. The number of esters is 1. The Morgan fingerprint density at radius 3 is 2.52 bits per heavy atom. The van der Waals surface area contributed by atoms with Gasteiger partial charge in [-0.3, -0.25) is 14.9 Å². The van der Waals surface area contributed by atoms with Gasteiger partial charge >= 0.3 is 5.97 Å². The molecule has 1 heterocycles. The summed E-state index contributed by atoms with van der Waals surface area (Å²) < 4.78 is 4.66. The number of piperidine rings is 1. The summed E-state index contributed by atoms with van der Waals surface area (Å²) in [6.45, 7) is 2.12. The van der Waals surface area contributed by atoms with Gasteiger partial charge in [-0.1, -0.05) is 19.8 Å². The molecule has 1 saturated carbocycles. The zero-order valence-corrected chi connectivity index (χ0v) is 16.1. The van der Waals surface area contributed by atoms with Crippen molar-refractivity contribution in [3.8, 4) is 0 Å². The first-order chi connectivity index (χ1) is 12.9. The van der Waals surface area contributed by atoms with E-state index in [-0.39, 0.29) is 18.4 Å². The fourth-order valence-corrected chi connectivity index (χ4v) is 3.26. The standard InChI is InChI=1S/C12H19NO5.C3H10N4.CH5N/c14-5-6-18-11(15)10-12(16,17)9-4-2-1-3-8(9)7-13-10;1-2-3(4)6-7-5;1-2/h5,8-10,13,16-17H,1-4,6-7H2;7H,2,5H2,1H3,(H2,4,6);2H2,1H3. The van der Waals surface area contributed by atoms with Crippen LogP contribution in [0.1, 0.15) is 39.0 Å². The molecular weight excluding hydrogens is 356 g/mol. The third-order valence-electron chi connectivity index (χ3n) is 4.56. The average molecular weight is 390 g/mol. The summed E-state index contributed by atoms with van der Waals surface area (Å²) in [4.78, 5) is 21.8. The summed E-state index contributed by atoms with van der Waals surface area (Å²) in [5, 5.41) is 26.7. The van der Waals surface area contributed by atoms with E-state index in [9.17, 15) is 19.8 Å². The van der Waals surface area contributed by atoms with Crippen molar-refractivity contribution in [3.05, 3.63) is 0 Å². The van der Waals surface area contributed by atoms with E-state index in [2.05, 4.69) is 26.4 Å². The molecule has 3 atom stereocenters. The number of carbonyl (C=O) groups is 2. The first-order valence-corrected chi connectivity index (χ1v) is 9.02. The highest BCUT2D eigenvalue weighted by atomic mass is 16.5. The minimum absolute atomic E-state index is 0.184. The molecule has 0 spiro atoms. The lowest BCUT2D eigenvalue weighted by Gasteiger charge is -2.47. The van der Waals surface area contributed by atoms with Crippen LogP contribution in [0.5, 0.6) is 0 Å². The van der Waals surface area contributed by atoms with Gasteiger partial charge in [-0.25, -0.2) is 11.4 Å². The van der Waals surface area contributed by atoms with E-state index < -0.39 is 17.8 Å². The fraction of sp³-hybridized carbons (Fsp3) is 0.812. The molecule has 1 aliphatic carbocycles. The van der Waals surface area contributed by atoms with Gasteiger partial charge < -0.3 is 26.4 Å². The molecule has 11 nitrogen and oxygen atoms in total. The molecule has 11 heteroatoms. The summed E-state index contributed by atoms with van der Waals surface area (Å²) in [6.07, 6.45) is 4.86. The van der Waals surface area contributed by atoms with Gasteiger partial charge in [-0.05, 0) is 32.4 Å². The maximum absolute atomic E-state index is 11.7. The lowest BCUT2D eigenvalue weighted by Crippen LogP contribution is -2.67. The van der Waals surface area contributed by atoms with Crippen molar-refractivity contribution in [1.82, 2.24) is 10.9 Å². The number of nitrogens with one attached hydrogen (secondary N) is 2. The number of rotatable bonds is 5. The van der Waals surface area contributed by atoms with E-state index in [1.165, 1.54) is 7.05 Å². The molecule has 0 bridgehead atoms. The Morgan fingerprint density at radius 2 is 2.00 bits per heavy atom. The Bertz CT molecular complexity index is 474. The molecule has 0 aromatic heterocycles. The molecule has 2 fully saturated rings. The van der Waals surface area contributed by atoms with E-state index in [1.54, 1.807) is 0 Å². The monoisotopic (exact) mass is 390 g/mol. The molecule has 2 aliphatic rings. The molecule has 10 N–H and O–H groups in total. The second kappa shape index (κ2) is 13.4. The number of fused-ring (bicyclic) bond motifs is 1. The normalized spacial score (nSPS) is 26.1. The van der Waals surface area contributed by atoms with Crippen LogP contribution >= 0.6 is 0 Å². The maximum Gasteiger partial charge on any atom is 0.329 e. The van der Waals surface area contributed by atoms with Crippen LogP contribution in [0.25, 0.3) is 0 Å². The molecule has 158 valence electrons.